The highest BCUT2D eigenvalue weighted by atomic mass is 16.4. The lowest BCUT2D eigenvalue weighted by Gasteiger charge is -2.45. The predicted molar refractivity (Wildman–Crippen MR) is 269 cm³/mol. The molecule has 0 N–H and O–H groups in total. The first-order valence-electron chi connectivity index (χ1n) is 22.8. The van der Waals surface area contributed by atoms with E-state index in [2.05, 4.69) is 231 Å². The van der Waals surface area contributed by atoms with Gasteiger partial charge in [-0.05, 0) is 120 Å². The Morgan fingerprint density at radius 1 is 0.460 bits per heavy atom. The maximum Gasteiger partial charge on any atom is 0.337 e. The first kappa shape index (κ1) is 39.6. The Bertz CT molecular complexity index is 3150. The third-order valence-corrected chi connectivity index (χ3v) is 14.3. The number of benzene rings is 7. The maximum absolute atomic E-state index is 7.31. The van der Waals surface area contributed by atoms with E-state index in [1.54, 1.807) is 0 Å². The molecule has 2 aliphatic heterocycles. The van der Waals surface area contributed by atoms with Gasteiger partial charge in [0.05, 0.1) is 5.69 Å². The molecule has 63 heavy (non-hydrogen) atoms. The van der Waals surface area contributed by atoms with E-state index in [0.29, 0.717) is 0 Å². The lowest BCUT2D eigenvalue weighted by atomic mass is 9.43. The van der Waals surface area contributed by atoms with Crippen molar-refractivity contribution in [1.29, 1.82) is 0 Å². The molecule has 1 aromatic heterocycles. The van der Waals surface area contributed by atoms with Gasteiger partial charge in [0.25, 0.3) is 0 Å². The summed E-state index contributed by atoms with van der Waals surface area (Å²) < 4.78 is 7.31. The SMILES string of the molecule is CC(C)(C)c1ccc(N2B3c4c(cc(C(C)(C)C)cc4N(c4ccc(C(C)(C)C)cc4-c4ccccc4)c4oc5ccccc5c43)-c3cc4c(cc32)C(C)(C)c2ccccc2-4)cc1. The average Bonchev–Trinajstić information content (AvgIpc) is 3.74. The second-order valence-corrected chi connectivity index (χ2v) is 21.9. The van der Waals surface area contributed by atoms with Crippen molar-refractivity contribution in [2.45, 2.75) is 97.8 Å². The molecule has 0 amide bonds. The van der Waals surface area contributed by atoms with Gasteiger partial charge in [-0.3, -0.25) is 4.90 Å². The summed E-state index contributed by atoms with van der Waals surface area (Å²) in [4.78, 5) is 5.13. The molecule has 3 heterocycles. The first-order chi connectivity index (χ1) is 29.9. The van der Waals surface area contributed by atoms with Crippen molar-refractivity contribution in [3.8, 4) is 33.4 Å². The minimum Gasteiger partial charge on any atom is -0.440 e. The van der Waals surface area contributed by atoms with Crippen molar-refractivity contribution in [3.05, 3.63) is 173 Å². The fourth-order valence-corrected chi connectivity index (χ4v) is 10.7. The van der Waals surface area contributed by atoms with Crippen LogP contribution < -0.4 is 20.6 Å². The van der Waals surface area contributed by atoms with E-state index < -0.39 is 0 Å². The van der Waals surface area contributed by atoms with Gasteiger partial charge in [0.1, 0.15) is 5.58 Å². The number of anilines is 5. The van der Waals surface area contributed by atoms with E-state index in [4.69, 9.17) is 4.42 Å². The Morgan fingerprint density at radius 3 is 1.81 bits per heavy atom. The smallest absolute Gasteiger partial charge is 0.337 e. The Hall–Kier alpha value is -6.26. The zero-order valence-corrected chi connectivity index (χ0v) is 38.7. The van der Waals surface area contributed by atoms with Crippen LogP contribution in [0.3, 0.4) is 0 Å². The van der Waals surface area contributed by atoms with E-state index in [-0.39, 0.29) is 28.5 Å². The largest absolute Gasteiger partial charge is 0.440 e. The van der Waals surface area contributed by atoms with Gasteiger partial charge < -0.3 is 9.23 Å². The highest BCUT2D eigenvalue weighted by molar-refractivity contribution is 6.95. The molecule has 312 valence electrons. The molecule has 0 radical (unpaired) electrons. The van der Waals surface area contributed by atoms with Gasteiger partial charge in [0.2, 0.25) is 5.88 Å². The Balaban J connectivity index is 1.30. The minimum absolute atomic E-state index is 0.0242. The molecule has 0 saturated carbocycles. The highest BCUT2D eigenvalue weighted by Crippen LogP contribution is 2.56. The molecule has 0 saturated heterocycles. The van der Waals surface area contributed by atoms with Crippen LogP contribution in [-0.2, 0) is 21.7 Å². The number of rotatable bonds is 3. The fourth-order valence-electron chi connectivity index (χ4n) is 10.7. The fraction of sp³-hybridized carbons (Fsp3) is 0.254. The third kappa shape index (κ3) is 5.93. The number of furan rings is 1. The van der Waals surface area contributed by atoms with Crippen LogP contribution in [0.4, 0.5) is 28.6 Å². The summed E-state index contributed by atoms with van der Waals surface area (Å²) in [7, 11) is 0. The van der Waals surface area contributed by atoms with Crippen molar-refractivity contribution in [3.63, 3.8) is 0 Å². The summed E-state index contributed by atoms with van der Waals surface area (Å²) in [6.45, 7) is 25.5. The molecule has 8 aromatic rings. The van der Waals surface area contributed by atoms with Gasteiger partial charge in [-0.15, -0.1) is 0 Å². The molecule has 0 atom stereocenters. The minimum atomic E-state index is -0.175. The summed E-state index contributed by atoms with van der Waals surface area (Å²) in [5.74, 6) is 0.875. The molecule has 3 nitrogen and oxygen atoms in total. The standard InChI is InChI=1S/C59H57BN2O/c1-56(2,3)37-25-28-40(29-26-37)62-50-35-48-44(41-21-15-17-23-47(41)59(48,10)11)34-45(50)46-32-39(58(7,8)9)33-51-53(46)60(62)54-42-22-16-18-24-52(42)63-55(54)61(51)49-30-27-38(57(4,5)6)31-43(49)36-19-13-12-14-20-36/h12-35H,1-11H3. The van der Waals surface area contributed by atoms with Gasteiger partial charge in [-0.1, -0.05) is 173 Å². The topological polar surface area (TPSA) is 19.6 Å². The number of nitrogens with zero attached hydrogens (tertiary/aromatic N) is 2. The first-order valence-corrected chi connectivity index (χ1v) is 22.8. The van der Waals surface area contributed by atoms with Crippen molar-refractivity contribution in [1.82, 2.24) is 0 Å². The van der Waals surface area contributed by atoms with Crippen LogP contribution >= 0.6 is 0 Å². The van der Waals surface area contributed by atoms with Crippen LogP contribution in [0.2, 0.25) is 0 Å². The van der Waals surface area contributed by atoms with E-state index in [1.807, 2.05) is 0 Å². The number of para-hydroxylation sites is 1. The number of fused-ring (bicyclic) bond motifs is 9. The monoisotopic (exact) mass is 820 g/mol. The Kier molecular flexibility index (Phi) is 8.41. The maximum atomic E-state index is 7.31. The molecule has 0 bridgehead atoms. The summed E-state index contributed by atoms with van der Waals surface area (Å²) in [5.41, 5.74) is 22.0. The highest BCUT2D eigenvalue weighted by Gasteiger charge is 2.50. The molecule has 0 spiro atoms. The lowest BCUT2D eigenvalue weighted by Crippen LogP contribution is -2.61. The molecule has 7 aromatic carbocycles. The summed E-state index contributed by atoms with van der Waals surface area (Å²) in [6.07, 6.45) is 0. The van der Waals surface area contributed by atoms with Crippen LogP contribution in [-0.4, -0.2) is 6.85 Å². The van der Waals surface area contributed by atoms with E-state index in [9.17, 15) is 0 Å². The number of hydrogen-bond acceptors (Lipinski definition) is 3. The van der Waals surface area contributed by atoms with E-state index in [1.165, 1.54) is 83.5 Å². The summed E-state index contributed by atoms with van der Waals surface area (Å²) >= 11 is 0. The van der Waals surface area contributed by atoms with Crippen molar-refractivity contribution in [2.24, 2.45) is 0 Å². The van der Waals surface area contributed by atoms with Crippen LogP contribution in [0, 0.1) is 0 Å². The Morgan fingerprint density at radius 2 is 1.10 bits per heavy atom. The quantitative estimate of drug-likeness (QED) is 0.166. The van der Waals surface area contributed by atoms with Crippen molar-refractivity contribution < 1.29 is 4.42 Å². The zero-order valence-electron chi connectivity index (χ0n) is 38.7. The van der Waals surface area contributed by atoms with Crippen LogP contribution in [0.5, 0.6) is 0 Å². The molecule has 1 aliphatic carbocycles. The van der Waals surface area contributed by atoms with Gasteiger partial charge in [-0.2, -0.15) is 0 Å². The lowest BCUT2D eigenvalue weighted by molar-refractivity contribution is 0.589. The second kappa shape index (κ2) is 13.4. The van der Waals surface area contributed by atoms with Crippen molar-refractivity contribution in [2.75, 3.05) is 9.71 Å². The van der Waals surface area contributed by atoms with Gasteiger partial charge in [-0.25, -0.2) is 0 Å². The molecule has 11 rings (SSSR count). The predicted octanol–water partition coefficient (Wildman–Crippen LogP) is 15.0. The van der Waals surface area contributed by atoms with Crippen LogP contribution in [0.15, 0.2) is 150 Å². The Labute approximate surface area is 374 Å². The van der Waals surface area contributed by atoms with Gasteiger partial charge in [0, 0.05) is 44.5 Å². The molecule has 4 heteroatoms. The number of hydrogen-bond donors (Lipinski definition) is 0. The molecule has 3 aliphatic rings. The summed E-state index contributed by atoms with van der Waals surface area (Å²) in [6, 6.07) is 55.2. The normalized spacial score (nSPS) is 14.9. The third-order valence-electron chi connectivity index (χ3n) is 14.3. The second-order valence-electron chi connectivity index (χ2n) is 21.9. The van der Waals surface area contributed by atoms with E-state index >= 15 is 0 Å². The molecular formula is C59H57BN2O. The van der Waals surface area contributed by atoms with Crippen LogP contribution in [0.25, 0.3) is 44.3 Å². The van der Waals surface area contributed by atoms with Crippen LogP contribution in [0.1, 0.15) is 104 Å². The zero-order chi connectivity index (χ0) is 44.0. The van der Waals surface area contributed by atoms with E-state index in [0.717, 1.165) is 28.2 Å². The van der Waals surface area contributed by atoms with Gasteiger partial charge >= 0.3 is 6.85 Å². The molecular weight excluding hydrogens is 763 g/mol. The van der Waals surface area contributed by atoms with Gasteiger partial charge in [0.15, 0.2) is 0 Å². The summed E-state index contributed by atoms with van der Waals surface area (Å²) in [5, 5.41) is 1.14. The average molecular weight is 821 g/mol. The van der Waals surface area contributed by atoms with Crippen molar-refractivity contribution >= 4 is 57.4 Å². The molecule has 0 fully saturated rings. The molecule has 0 unspecified atom stereocenters.